The zero-order chi connectivity index (χ0) is 14.1. The molecule has 0 amide bonds. The van der Waals surface area contributed by atoms with Gasteiger partial charge in [-0.3, -0.25) is 9.19 Å². The van der Waals surface area contributed by atoms with Gasteiger partial charge in [0.25, 0.3) is 0 Å². The van der Waals surface area contributed by atoms with Crippen LogP contribution in [0.1, 0.15) is 11.4 Å². The number of nitrogens with zero attached hydrogens (tertiary/aromatic N) is 2. The van der Waals surface area contributed by atoms with Crippen molar-refractivity contribution in [3.05, 3.63) is 47.8 Å². The molecule has 3 aromatic rings. The minimum absolute atomic E-state index is 0.344. The average molecular weight is 286 g/mol. The van der Waals surface area contributed by atoms with Crippen LogP contribution in [0, 0.1) is 6.92 Å². The number of imidazole rings is 1. The van der Waals surface area contributed by atoms with Crippen molar-refractivity contribution < 1.29 is 4.21 Å². The molecule has 102 valence electrons. The number of anilines is 1. The van der Waals surface area contributed by atoms with E-state index in [-0.39, 0.29) is 0 Å². The zero-order valence-electron chi connectivity index (χ0n) is 11.0. The van der Waals surface area contributed by atoms with Gasteiger partial charge in [-0.05, 0) is 37.3 Å². The van der Waals surface area contributed by atoms with Crippen LogP contribution >= 0.6 is 0 Å². The number of aromatic nitrogens is 3. The molecule has 3 N–H and O–H groups in total. The number of nitrogens with two attached hydrogens (primary N) is 1. The molecular formula is C14H14N4OS. The van der Waals surface area contributed by atoms with Crippen LogP contribution in [0.4, 0.5) is 5.69 Å². The quantitative estimate of drug-likeness (QED) is 0.723. The maximum Gasteiger partial charge on any atom is 0.197 e. The van der Waals surface area contributed by atoms with Crippen molar-refractivity contribution in [3.8, 4) is 0 Å². The number of hydrogen-bond donors (Lipinski definition) is 2. The largest absolute Gasteiger partial charge is 0.399 e. The summed E-state index contributed by atoms with van der Waals surface area (Å²) < 4.78 is 12.3. The number of benzene rings is 1. The van der Waals surface area contributed by atoms with Crippen molar-refractivity contribution in [3.63, 3.8) is 0 Å². The van der Waals surface area contributed by atoms with Gasteiger partial charge in [0.05, 0.1) is 33.3 Å². The van der Waals surface area contributed by atoms with Gasteiger partial charge in [-0.2, -0.15) is 0 Å². The van der Waals surface area contributed by atoms with Gasteiger partial charge in [-0.25, -0.2) is 4.98 Å². The topological polar surface area (TPSA) is 84.7 Å². The second kappa shape index (κ2) is 5.05. The Morgan fingerprint density at radius 1 is 1.25 bits per heavy atom. The summed E-state index contributed by atoms with van der Waals surface area (Å²) in [6.07, 6.45) is 0. The molecular weight excluding hydrogens is 272 g/mol. The van der Waals surface area contributed by atoms with Crippen LogP contribution in [0.15, 0.2) is 41.6 Å². The van der Waals surface area contributed by atoms with Crippen LogP contribution in [0.5, 0.6) is 0 Å². The smallest absolute Gasteiger partial charge is 0.197 e. The molecule has 1 unspecified atom stereocenters. The highest BCUT2D eigenvalue weighted by molar-refractivity contribution is 7.84. The van der Waals surface area contributed by atoms with Crippen molar-refractivity contribution in [2.24, 2.45) is 0 Å². The Bertz CT molecular complexity index is 797. The molecule has 3 rings (SSSR count). The number of nitrogen functional groups attached to an aromatic ring is 1. The first kappa shape index (κ1) is 12.8. The lowest BCUT2D eigenvalue weighted by Gasteiger charge is -2.00. The third kappa shape index (κ3) is 2.55. The summed E-state index contributed by atoms with van der Waals surface area (Å²) in [4.78, 5) is 11.7. The molecule has 0 saturated carbocycles. The predicted molar refractivity (Wildman–Crippen MR) is 79.6 cm³/mol. The zero-order valence-corrected chi connectivity index (χ0v) is 11.8. The molecule has 6 heteroatoms. The van der Waals surface area contributed by atoms with E-state index in [1.807, 2.05) is 31.2 Å². The first-order valence-corrected chi connectivity index (χ1v) is 7.50. The molecule has 0 saturated heterocycles. The number of pyridine rings is 1. The molecule has 0 aliphatic heterocycles. The maximum atomic E-state index is 12.3. The van der Waals surface area contributed by atoms with Crippen LogP contribution in [-0.2, 0) is 16.6 Å². The number of H-pyrrole nitrogens is 1. The van der Waals surface area contributed by atoms with E-state index in [1.54, 1.807) is 12.1 Å². The third-order valence-electron chi connectivity index (χ3n) is 2.92. The number of rotatable bonds is 3. The van der Waals surface area contributed by atoms with E-state index in [2.05, 4.69) is 15.0 Å². The average Bonchev–Trinajstić information content (AvgIpc) is 2.81. The summed E-state index contributed by atoms with van der Waals surface area (Å²) in [5, 5.41) is 0.453. The lowest BCUT2D eigenvalue weighted by atomic mass is 10.3. The van der Waals surface area contributed by atoms with Crippen molar-refractivity contribution in [1.29, 1.82) is 0 Å². The number of aromatic amines is 1. The summed E-state index contributed by atoms with van der Waals surface area (Å²) in [6, 6.07) is 11.1. The highest BCUT2D eigenvalue weighted by Gasteiger charge is 2.11. The second-order valence-corrected chi connectivity index (χ2v) is 5.95. The maximum absolute atomic E-state index is 12.3. The van der Waals surface area contributed by atoms with Crippen LogP contribution in [0.25, 0.3) is 11.0 Å². The number of nitrogens with one attached hydrogen (secondary N) is 1. The minimum atomic E-state index is -1.25. The van der Waals surface area contributed by atoms with Crippen LogP contribution in [0.3, 0.4) is 0 Å². The molecule has 1 aromatic carbocycles. The second-order valence-electron chi connectivity index (χ2n) is 4.58. The van der Waals surface area contributed by atoms with Gasteiger partial charge in [0.2, 0.25) is 0 Å². The summed E-state index contributed by atoms with van der Waals surface area (Å²) in [5.41, 5.74) is 9.64. The van der Waals surface area contributed by atoms with Gasteiger partial charge in [-0.1, -0.05) is 6.07 Å². The first-order chi connectivity index (χ1) is 9.61. The van der Waals surface area contributed by atoms with Gasteiger partial charge in [0.1, 0.15) is 0 Å². The van der Waals surface area contributed by atoms with E-state index >= 15 is 0 Å². The van der Waals surface area contributed by atoms with E-state index in [4.69, 9.17) is 5.73 Å². The van der Waals surface area contributed by atoms with E-state index < -0.39 is 10.8 Å². The highest BCUT2D eigenvalue weighted by atomic mass is 32.2. The molecule has 0 spiro atoms. The fraction of sp³-hybridized carbons (Fsp3) is 0.143. The van der Waals surface area contributed by atoms with Crippen molar-refractivity contribution >= 4 is 27.5 Å². The Balaban J connectivity index is 1.88. The molecule has 5 nitrogen and oxygen atoms in total. The Kier molecular flexibility index (Phi) is 3.23. The number of aryl methyl sites for hydroxylation is 1. The molecule has 0 fully saturated rings. The summed E-state index contributed by atoms with van der Waals surface area (Å²) >= 11 is 0. The van der Waals surface area contributed by atoms with Gasteiger partial charge >= 0.3 is 0 Å². The lowest BCUT2D eigenvalue weighted by molar-refractivity contribution is 0.677. The predicted octanol–water partition coefficient (Wildman–Crippen LogP) is 2.16. The van der Waals surface area contributed by atoms with Crippen molar-refractivity contribution in [1.82, 2.24) is 15.0 Å². The van der Waals surface area contributed by atoms with E-state index in [1.165, 1.54) is 0 Å². The number of hydrogen-bond acceptors (Lipinski definition) is 4. The van der Waals surface area contributed by atoms with Crippen LogP contribution in [-0.4, -0.2) is 19.2 Å². The Morgan fingerprint density at radius 3 is 2.90 bits per heavy atom. The third-order valence-corrected chi connectivity index (χ3v) is 4.11. The molecule has 2 heterocycles. The SMILES string of the molecule is Cc1cccc(CS(=O)c2nc3ccc(N)cc3[nH]2)n1. The van der Waals surface area contributed by atoms with Gasteiger partial charge in [-0.15, -0.1) is 0 Å². The van der Waals surface area contributed by atoms with Crippen molar-refractivity contribution in [2.75, 3.05) is 5.73 Å². The van der Waals surface area contributed by atoms with E-state index in [0.29, 0.717) is 16.6 Å². The van der Waals surface area contributed by atoms with Gasteiger partial charge in [0.15, 0.2) is 5.16 Å². The summed E-state index contributed by atoms with van der Waals surface area (Å²) in [6.45, 7) is 1.91. The molecule has 20 heavy (non-hydrogen) atoms. The van der Waals surface area contributed by atoms with Crippen LogP contribution < -0.4 is 5.73 Å². The normalized spacial score (nSPS) is 12.7. The van der Waals surface area contributed by atoms with Crippen molar-refractivity contribution in [2.45, 2.75) is 17.8 Å². The number of fused-ring (bicyclic) bond motifs is 1. The fourth-order valence-electron chi connectivity index (χ4n) is 1.99. The molecule has 0 radical (unpaired) electrons. The fourth-order valence-corrected chi connectivity index (χ4v) is 2.98. The highest BCUT2D eigenvalue weighted by Crippen LogP contribution is 2.17. The van der Waals surface area contributed by atoms with Gasteiger partial charge < -0.3 is 10.7 Å². The van der Waals surface area contributed by atoms with E-state index in [9.17, 15) is 4.21 Å². The monoisotopic (exact) mass is 286 g/mol. The molecule has 2 aromatic heterocycles. The first-order valence-electron chi connectivity index (χ1n) is 6.18. The molecule has 0 aliphatic carbocycles. The lowest BCUT2D eigenvalue weighted by Crippen LogP contribution is -2.01. The Morgan fingerprint density at radius 2 is 2.10 bits per heavy atom. The molecule has 0 aliphatic rings. The summed E-state index contributed by atoms with van der Waals surface area (Å²) in [5.74, 6) is 0.344. The molecule has 1 atom stereocenters. The van der Waals surface area contributed by atoms with Crippen LogP contribution in [0.2, 0.25) is 0 Å². The Hall–Kier alpha value is -2.21. The Labute approximate surface area is 118 Å². The molecule has 0 bridgehead atoms. The standard InChI is InChI=1S/C14H14N4OS/c1-9-3-2-4-11(16-9)8-20(19)14-17-12-6-5-10(15)7-13(12)18-14/h2-7H,8,15H2,1H3,(H,17,18). The van der Waals surface area contributed by atoms with E-state index in [0.717, 1.165) is 22.4 Å². The minimum Gasteiger partial charge on any atom is -0.399 e. The summed E-state index contributed by atoms with van der Waals surface area (Å²) in [7, 11) is -1.25. The van der Waals surface area contributed by atoms with Gasteiger partial charge in [0, 0.05) is 11.4 Å².